The molecule has 0 aliphatic carbocycles. The lowest BCUT2D eigenvalue weighted by Gasteiger charge is -2.29. The molecule has 0 spiro atoms. The van der Waals surface area contributed by atoms with Gasteiger partial charge in [-0.3, -0.25) is 4.79 Å². The van der Waals surface area contributed by atoms with Crippen LogP contribution in [0.4, 0.5) is 4.79 Å². The van der Waals surface area contributed by atoms with E-state index < -0.39 is 23.3 Å². The van der Waals surface area contributed by atoms with Crippen LogP contribution >= 0.6 is 0 Å². The summed E-state index contributed by atoms with van der Waals surface area (Å²) in [5.41, 5.74) is 4.65. The van der Waals surface area contributed by atoms with Crippen LogP contribution in [0.3, 0.4) is 0 Å². The van der Waals surface area contributed by atoms with E-state index in [-0.39, 0.29) is 18.5 Å². The summed E-state index contributed by atoms with van der Waals surface area (Å²) in [6.45, 7) is 4.72. The van der Waals surface area contributed by atoms with Crippen LogP contribution in [0.2, 0.25) is 0 Å². The average Bonchev–Trinajstić information content (AvgIpc) is 2.93. The van der Waals surface area contributed by atoms with Gasteiger partial charge < -0.3 is 20.6 Å². The Labute approximate surface area is 117 Å². The minimum absolute atomic E-state index is 0.0541. The first kappa shape index (κ1) is 14.6. The van der Waals surface area contributed by atoms with Gasteiger partial charge in [0.15, 0.2) is 0 Å². The zero-order valence-electron chi connectivity index (χ0n) is 11.8. The quantitative estimate of drug-likeness (QED) is 0.750. The van der Waals surface area contributed by atoms with Crippen molar-refractivity contribution in [1.82, 2.24) is 9.80 Å². The molecule has 7 nitrogen and oxygen atoms in total. The minimum Gasteiger partial charge on any atom is -0.480 e. The van der Waals surface area contributed by atoms with E-state index in [1.807, 2.05) is 6.92 Å². The number of rotatable bonds is 2. The zero-order valence-corrected chi connectivity index (χ0v) is 11.8. The number of primary amides is 1. The Morgan fingerprint density at radius 2 is 1.95 bits per heavy atom. The number of amides is 3. The third kappa shape index (κ3) is 2.32. The lowest BCUT2D eigenvalue weighted by molar-refractivity contribution is -0.142. The number of carboxylic acids is 1. The van der Waals surface area contributed by atoms with E-state index in [4.69, 9.17) is 5.73 Å². The summed E-state index contributed by atoms with van der Waals surface area (Å²) in [6, 6.07) is -1.07. The van der Waals surface area contributed by atoms with Crippen molar-refractivity contribution in [2.75, 3.05) is 19.6 Å². The van der Waals surface area contributed by atoms with Crippen LogP contribution in [0.1, 0.15) is 26.7 Å². The fraction of sp³-hybridized carbons (Fsp3) is 0.769. The number of carboxylic acid groups (broad SMARTS) is 1. The van der Waals surface area contributed by atoms with E-state index in [0.29, 0.717) is 25.9 Å². The molecular weight excluding hydrogens is 262 g/mol. The third-order valence-corrected chi connectivity index (χ3v) is 4.54. The van der Waals surface area contributed by atoms with Gasteiger partial charge in [0.05, 0.1) is 5.41 Å². The third-order valence-electron chi connectivity index (χ3n) is 4.54. The molecular formula is C13H21N3O4. The normalized spacial score (nSPS) is 33.5. The predicted molar refractivity (Wildman–Crippen MR) is 70.8 cm³/mol. The molecule has 2 heterocycles. The largest absolute Gasteiger partial charge is 0.480 e. The number of urea groups is 1. The first-order valence-corrected chi connectivity index (χ1v) is 6.84. The van der Waals surface area contributed by atoms with Gasteiger partial charge in [-0.25, -0.2) is 9.59 Å². The number of carbonyl (C=O) groups is 3. The van der Waals surface area contributed by atoms with Crippen LogP contribution in [0.15, 0.2) is 0 Å². The molecule has 2 aliphatic rings. The molecule has 3 amide bonds. The minimum atomic E-state index is -0.972. The molecule has 3 unspecified atom stereocenters. The van der Waals surface area contributed by atoms with Crippen LogP contribution in [0, 0.1) is 11.3 Å². The van der Waals surface area contributed by atoms with Crippen LogP contribution < -0.4 is 5.73 Å². The van der Waals surface area contributed by atoms with Crippen molar-refractivity contribution in [3.63, 3.8) is 0 Å². The van der Waals surface area contributed by atoms with Crippen LogP contribution in [-0.4, -0.2) is 58.5 Å². The van der Waals surface area contributed by atoms with Crippen molar-refractivity contribution in [2.24, 2.45) is 17.1 Å². The van der Waals surface area contributed by atoms with Crippen molar-refractivity contribution in [1.29, 1.82) is 0 Å². The lowest BCUT2D eigenvalue weighted by atomic mass is 9.89. The summed E-state index contributed by atoms with van der Waals surface area (Å²) < 4.78 is 0. The standard InChI is InChI=1S/C13H21N3O4/c1-8-3-5-16(9(8)10(17)18)12(20)15-6-4-13(2,7-15)11(14)19/h8-9H,3-7H2,1-2H3,(H2,14,19)(H,17,18). The number of carbonyl (C=O) groups excluding carboxylic acids is 2. The van der Waals surface area contributed by atoms with Crippen LogP contribution in [-0.2, 0) is 9.59 Å². The Morgan fingerprint density at radius 3 is 2.45 bits per heavy atom. The fourth-order valence-electron chi connectivity index (χ4n) is 3.05. The van der Waals surface area contributed by atoms with Crippen LogP contribution in [0.5, 0.6) is 0 Å². The van der Waals surface area contributed by atoms with E-state index in [9.17, 15) is 19.5 Å². The molecule has 0 aromatic heterocycles. The second-order valence-corrected chi connectivity index (χ2v) is 6.12. The highest BCUT2D eigenvalue weighted by molar-refractivity contribution is 5.86. The summed E-state index contributed by atoms with van der Waals surface area (Å²) in [7, 11) is 0. The molecule has 0 radical (unpaired) electrons. The molecule has 0 aromatic carbocycles. The molecule has 3 atom stereocenters. The maximum Gasteiger partial charge on any atom is 0.326 e. The number of hydrogen-bond acceptors (Lipinski definition) is 3. The van der Waals surface area contributed by atoms with E-state index in [1.165, 1.54) is 4.90 Å². The Bertz CT molecular complexity index is 453. The summed E-state index contributed by atoms with van der Waals surface area (Å²) in [6.07, 6.45) is 1.21. The van der Waals surface area contributed by atoms with Crippen molar-refractivity contribution < 1.29 is 19.5 Å². The van der Waals surface area contributed by atoms with E-state index in [2.05, 4.69) is 0 Å². The van der Waals surface area contributed by atoms with Gasteiger partial charge in [0, 0.05) is 19.6 Å². The summed E-state index contributed by atoms with van der Waals surface area (Å²) in [5, 5.41) is 9.25. The summed E-state index contributed by atoms with van der Waals surface area (Å²) in [4.78, 5) is 38.1. The molecule has 20 heavy (non-hydrogen) atoms. The number of nitrogens with zero attached hydrogens (tertiary/aromatic N) is 2. The molecule has 2 fully saturated rings. The molecule has 3 N–H and O–H groups in total. The van der Waals surface area contributed by atoms with Gasteiger partial charge in [0.25, 0.3) is 0 Å². The van der Waals surface area contributed by atoms with E-state index in [0.717, 1.165) is 0 Å². The highest BCUT2D eigenvalue weighted by atomic mass is 16.4. The van der Waals surface area contributed by atoms with Gasteiger partial charge in [0.2, 0.25) is 5.91 Å². The molecule has 7 heteroatoms. The molecule has 0 saturated carbocycles. The van der Waals surface area contributed by atoms with Crippen molar-refractivity contribution in [3.05, 3.63) is 0 Å². The van der Waals surface area contributed by atoms with Crippen molar-refractivity contribution in [2.45, 2.75) is 32.7 Å². The fourth-order valence-corrected chi connectivity index (χ4v) is 3.05. The maximum absolute atomic E-state index is 12.5. The second kappa shape index (κ2) is 4.96. The molecule has 2 aliphatic heterocycles. The Morgan fingerprint density at radius 1 is 1.30 bits per heavy atom. The number of hydrogen-bond donors (Lipinski definition) is 2. The second-order valence-electron chi connectivity index (χ2n) is 6.12. The van der Waals surface area contributed by atoms with Crippen molar-refractivity contribution in [3.8, 4) is 0 Å². The Hall–Kier alpha value is -1.79. The lowest BCUT2D eigenvalue weighted by Crippen LogP contribution is -2.49. The average molecular weight is 283 g/mol. The van der Waals surface area contributed by atoms with Crippen molar-refractivity contribution >= 4 is 17.9 Å². The van der Waals surface area contributed by atoms with Crippen LogP contribution in [0.25, 0.3) is 0 Å². The highest BCUT2D eigenvalue weighted by Crippen LogP contribution is 2.32. The maximum atomic E-state index is 12.5. The van der Waals surface area contributed by atoms with E-state index in [1.54, 1.807) is 11.8 Å². The monoisotopic (exact) mass is 283 g/mol. The first-order valence-electron chi connectivity index (χ1n) is 6.84. The Kier molecular flexibility index (Phi) is 3.62. The van der Waals surface area contributed by atoms with Gasteiger partial charge in [-0.1, -0.05) is 6.92 Å². The zero-order chi connectivity index (χ0) is 15.1. The molecule has 0 bridgehead atoms. The molecule has 0 aromatic rings. The molecule has 2 saturated heterocycles. The molecule has 112 valence electrons. The van der Waals surface area contributed by atoms with Gasteiger partial charge in [-0.2, -0.15) is 0 Å². The SMILES string of the molecule is CC1CCN(C(=O)N2CCC(C)(C(N)=O)C2)C1C(=O)O. The van der Waals surface area contributed by atoms with Gasteiger partial charge in [-0.15, -0.1) is 0 Å². The topological polar surface area (TPSA) is 104 Å². The van der Waals surface area contributed by atoms with Gasteiger partial charge >= 0.3 is 12.0 Å². The summed E-state index contributed by atoms with van der Waals surface area (Å²) >= 11 is 0. The highest BCUT2D eigenvalue weighted by Gasteiger charge is 2.46. The van der Waals surface area contributed by atoms with Gasteiger partial charge in [0.1, 0.15) is 6.04 Å². The smallest absolute Gasteiger partial charge is 0.326 e. The predicted octanol–water partition coefficient (Wildman–Crippen LogP) is 0.0987. The number of aliphatic carboxylic acids is 1. The van der Waals surface area contributed by atoms with Gasteiger partial charge in [-0.05, 0) is 25.7 Å². The first-order chi connectivity index (χ1) is 9.26. The molecule has 2 rings (SSSR count). The number of likely N-dealkylation sites (tertiary alicyclic amines) is 2. The Balaban J connectivity index is 2.09. The number of nitrogens with two attached hydrogens (primary N) is 1. The van der Waals surface area contributed by atoms with E-state index >= 15 is 0 Å². The summed E-state index contributed by atoms with van der Waals surface area (Å²) in [5.74, 6) is -1.45.